The summed E-state index contributed by atoms with van der Waals surface area (Å²) in [4.78, 5) is 16.7. The number of primary amides is 1. The van der Waals surface area contributed by atoms with Gasteiger partial charge in [0.15, 0.2) is 11.6 Å². The standard InChI is InChI=1S/C16H18N4OS/c1-11-7-19(10-17)8-13(11)20-9-14(22-16(20)15(18)21)12-5-3-2-4-6-12/h2-6,9,11,13,16H,7-8H2,1H3,(H2,18,21)/t11-,13-,16?/m1/s1. The zero-order valence-corrected chi connectivity index (χ0v) is 13.2. The van der Waals surface area contributed by atoms with Crippen LogP contribution in [-0.4, -0.2) is 40.2 Å². The summed E-state index contributed by atoms with van der Waals surface area (Å²) in [6.45, 7) is 3.47. The molecule has 114 valence electrons. The molecule has 6 heteroatoms. The van der Waals surface area contributed by atoms with Gasteiger partial charge in [-0.2, -0.15) is 5.26 Å². The Labute approximate surface area is 134 Å². The zero-order chi connectivity index (χ0) is 15.7. The lowest BCUT2D eigenvalue weighted by atomic mass is 10.0. The first-order valence-corrected chi connectivity index (χ1v) is 8.13. The van der Waals surface area contributed by atoms with Crippen molar-refractivity contribution in [3.05, 3.63) is 42.1 Å². The Balaban J connectivity index is 1.89. The molecular weight excluding hydrogens is 296 g/mol. The maximum Gasteiger partial charge on any atom is 0.251 e. The van der Waals surface area contributed by atoms with Crippen LogP contribution >= 0.6 is 11.8 Å². The Bertz CT molecular complexity index is 639. The average molecular weight is 314 g/mol. The number of thioether (sulfide) groups is 1. The molecule has 0 aromatic heterocycles. The van der Waals surface area contributed by atoms with E-state index in [2.05, 4.69) is 13.1 Å². The third-order valence-electron chi connectivity index (χ3n) is 4.17. The number of nitrogens with zero attached hydrogens (tertiary/aromatic N) is 3. The Kier molecular flexibility index (Phi) is 3.99. The Hall–Kier alpha value is -2.13. The van der Waals surface area contributed by atoms with Crippen LogP contribution < -0.4 is 5.73 Å². The van der Waals surface area contributed by atoms with E-state index < -0.39 is 5.37 Å². The fourth-order valence-electron chi connectivity index (χ4n) is 3.05. The molecule has 0 saturated carbocycles. The summed E-state index contributed by atoms with van der Waals surface area (Å²) >= 11 is 1.49. The van der Waals surface area contributed by atoms with E-state index in [0.29, 0.717) is 12.5 Å². The number of rotatable bonds is 3. The Morgan fingerprint density at radius 2 is 2.09 bits per heavy atom. The van der Waals surface area contributed by atoms with E-state index in [1.54, 1.807) is 4.90 Å². The third-order valence-corrected chi connectivity index (χ3v) is 5.47. The van der Waals surface area contributed by atoms with Crippen molar-refractivity contribution in [3.8, 4) is 6.19 Å². The second-order valence-electron chi connectivity index (χ2n) is 5.73. The monoisotopic (exact) mass is 314 g/mol. The highest BCUT2D eigenvalue weighted by Gasteiger charge is 2.41. The number of carbonyl (C=O) groups excluding carboxylic acids is 1. The molecule has 5 nitrogen and oxygen atoms in total. The summed E-state index contributed by atoms with van der Waals surface area (Å²) in [6, 6.07) is 10.1. The van der Waals surface area contributed by atoms with Crippen LogP contribution in [0.1, 0.15) is 12.5 Å². The minimum atomic E-state index is -0.402. The van der Waals surface area contributed by atoms with Crippen molar-refractivity contribution in [1.29, 1.82) is 5.26 Å². The lowest BCUT2D eigenvalue weighted by Gasteiger charge is -2.30. The summed E-state index contributed by atoms with van der Waals surface area (Å²) in [5, 5.41) is 8.69. The lowest BCUT2D eigenvalue weighted by Crippen LogP contribution is -2.45. The highest BCUT2D eigenvalue weighted by atomic mass is 32.2. The minimum absolute atomic E-state index is 0.130. The number of hydrogen-bond donors (Lipinski definition) is 1. The summed E-state index contributed by atoms with van der Waals surface area (Å²) in [5.74, 6) is -0.0248. The molecule has 1 fully saturated rings. The normalized spacial score (nSPS) is 27.6. The first kappa shape index (κ1) is 14.8. The fourth-order valence-corrected chi connectivity index (χ4v) is 4.20. The van der Waals surface area contributed by atoms with Gasteiger partial charge in [0.25, 0.3) is 5.91 Å². The average Bonchev–Trinajstić information content (AvgIpc) is 3.11. The molecule has 1 amide bonds. The first-order valence-electron chi connectivity index (χ1n) is 7.25. The molecule has 0 radical (unpaired) electrons. The van der Waals surface area contributed by atoms with Crippen molar-refractivity contribution in [2.24, 2.45) is 11.7 Å². The van der Waals surface area contributed by atoms with Crippen molar-refractivity contribution in [2.75, 3.05) is 13.1 Å². The van der Waals surface area contributed by atoms with Crippen LogP contribution in [0.2, 0.25) is 0 Å². The van der Waals surface area contributed by atoms with Gasteiger partial charge in [-0.1, -0.05) is 49.0 Å². The molecule has 3 rings (SSSR count). The van der Waals surface area contributed by atoms with Gasteiger partial charge in [0, 0.05) is 24.2 Å². The van der Waals surface area contributed by atoms with Gasteiger partial charge in [-0.25, -0.2) is 0 Å². The number of amides is 1. The molecule has 2 aliphatic rings. The molecule has 0 aliphatic carbocycles. The molecule has 2 heterocycles. The summed E-state index contributed by atoms with van der Waals surface area (Å²) in [6.07, 6.45) is 4.22. The van der Waals surface area contributed by atoms with E-state index in [-0.39, 0.29) is 11.9 Å². The van der Waals surface area contributed by atoms with Gasteiger partial charge in [0.1, 0.15) is 0 Å². The van der Waals surface area contributed by atoms with Gasteiger partial charge in [0.05, 0.1) is 6.04 Å². The Morgan fingerprint density at radius 1 is 1.36 bits per heavy atom. The SMILES string of the molecule is C[C@@H]1CN(C#N)C[C@H]1N1C=C(c2ccccc2)SC1C(N)=O. The van der Waals surface area contributed by atoms with E-state index in [9.17, 15) is 4.79 Å². The Morgan fingerprint density at radius 3 is 2.68 bits per heavy atom. The molecule has 2 aliphatic heterocycles. The topological polar surface area (TPSA) is 73.4 Å². The number of nitriles is 1. The van der Waals surface area contributed by atoms with Crippen LogP contribution in [-0.2, 0) is 4.79 Å². The number of hydrogen-bond acceptors (Lipinski definition) is 5. The molecule has 1 unspecified atom stereocenters. The van der Waals surface area contributed by atoms with Crippen molar-refractivity contribution < 1.29 is 4.79 Å². The van der Waals surface area contributed by atoms with Gasteiger partial charge in [-0.3, -0.25) is 4.79 Å². The van der Waals surface area contributed by atoms with Crippen LogP contribution in [0.4, 0.5) is 0 Å². The predicted molar refractivity (Wildman–Crippen MR) is 87.0 cm³/mol. The highest BCUT2D eigenvalue weighted by Crippen LogP contribution is 2.42. The summed E-state index contributed by atoms with van der Waals surface area (Å²) in [5.41, 5.74) is 6.68. The van der Waals surface area contributed by atoms with E-state index >= 15 is 0 Å². The molecule has 0 spiro atoms. The van der Waals surface area contributed by atoms with Gasteiger partial charge in [-0.05, 0) is 11.5 Å². The molecule has 1 aromatic rings. The molecule has 0 bridgehead atoms. The molecule has 1 aromatic carbocycles. The smallest absolute Gasteiger partial charge is 0.251 e. The zero-order valence-electron chi connectivity index (χ0n) is 12.3. The number of carbonyl (C=O) groups is 1. The van der Waals surface area contributed by atoms with Crippen LogP contribution in [0.5, 0.6) is 0 Å². The number of likely N-dealkylation sites (tertiary alicyclic amines) is 1. The minimum Gasteiger partial charge on any atom is -0.367 e. The van der Waals surface area contributed by atoms with E-state index in [0.717, 1.165) is 17.0 Å². The highest BCUT2D eigenvalue weighted by molar-refractivity contribution is 8.09. The first-order chi connectivity index (χ1) is 10.6. The molecule has 22 heavy (non-hydrogen) atoms. The second-order valence-corrected chi connectivity index (χ2v) is 6.85. The molecule has 3 atom stereocenters. The molecular formula is C16H18N4OS. The largest absolute Gasteiger partial charge is 0.367 e. The maximum absolute atomic E-state index is 11.9. The van der Waals surface area contributed by atoms with Crippen LogP contribution in [0.3, 0.4) is 0 Å². The predicted octanol–water partition coefficient (Wildman–Crippen LogP) is 1.65. The number of nitrogens with two attached hydrogens (primary N) is 1. The van der Waals surface area contributed by atoms with Crippen molar-refractivity contribution >= 4 is 22.6 Å². The van der Waals surface area contributed by atoms with Crippen LogP contribution in [0.25, 0.3) is 4.91 Å². The number of benzene rings is 1. The van der Waals surface area contributed by atoms with Gasteiger partial charge in [-0.15, -0.1) is 0 Å². The van der Waals surface area contributed by atoms with Crippen molar-refractivity contribution in [3.63, 3.8) is 0 Å². The van der Waals surface area contributed by atoms with Crippen molar-refractivity contribution in [2.45, 2.75) is 18.3 Å². The van der Waals surface area contributed by atoms with Crippen LogP contribution in [0, 0.1) is 17.4 Å². The van der Waals surface area contributed by atoms with E-state index in [1.165, 1.54) is 11.8 Å². The lowest BCUT2D eigenvalue weighted by molar-refractivity contribution is -0.120. The van der Waals surface area contributed by atoms with E-state index in [1.807, 2.05) is 41.4 Å². The van der Waals surface area contributed by atoms with Crippen LogP contribution in [0.15, 0.2) is 36.5 Å². The van der Waals surface area contributed by atoms with Gasteiger partial charge in [0.2, 0.25) is 0 Å². The van der Waals surface area contributed by atoms with Crippen molar-refractivity contribution in [1.82, 2.24) is 9.80 Å². The summed E-state index contributed by atoms with van der Waals surface area (Å²) in [7, 11) is 0. The van der Waals surface area contributed by atoms with E-state index in [4.69, 9.17) is 11.0 Å². The quantitative estimate of drug-likeness (QED) is 0.859. The van der Waals surface area contributed by atoms with Gasteiger partial charge < -0.3 is 15.5 Å². The maximum atomic E-state index is 11.9. The van der Waals surface area contributed by atoms with Gasteiger partial charge >= 0.3 is 0 Å². The third kappa shape index (κ3) is 2.64. The molecule has 2 N–H and O–H groups in total. The molecule has 1 saturated heterocycles. The fraction of sp³-hybridized carbons (Fsp3) is 0.375. The second kappa shape index (κ2) is 5.93. The summed E-state index contributed by atoms with van der Waals surface area (Å²) < 4.78 is 0.